The molecule has 1 aromatic heterocycles. The molecular weight excluding hydrogens is 246 g/mol. The van der Waals surface area contributed by atoms with Crippen LogP contribution in [-0.2, 0) is 0 Å². The third-order valence-electron chi connectivity index (χ3n) is 3.39. The summed E-state index contributed by atoms with van der Waals surface area (Å²) in [6, 6.07) is 3.53. The van der Waals surface area contributed by atoms with Crippen LogP contribution in [0.15, 0.2) is 15.7 Å². The highest BCUT2D eigenvalue weighted by Gasteiger charge is 2.26. The average Bonchev–Trinajstić information content (AvgIpc) is 2.74. The molecule has 0 spiro atoms. The van der Waals surface area contributed by atoms with Crippen molar-refractivity contribution in [3.63, 3.8) is 0 Å². The zero-order chi connectivity index (χ0) is 12.3. The molecule has 3 atom stereocenters. The van der Waals surface area contributed by atoms with Crippen LogP contribution < -0.4 is 5.32 Å². The van der Waals surface area contributed by atoms with Gasteiger partial charge in [0.25, 0.3) is 0 Å². The molecule has 0 saturated carbocycles. The van der Waals surface area contributed by atoms with Crippen molar-refractivity contribution in [1.29, 1.82) is 0 Å². The lowest BCUT2D eigenvalue weighted by atomic mass is 10.0. The molecule has 2 heterocycles. The Balaban J connectivity index is 1.97. The molecule has 1 N–H and O–H groups in total. The second-order valence-electron chi connectivity index (χ2n) is 5.09. The fourth-order valence-corrected chi connectivity index (χ4v) is 5.01. The van der Waals surface area contributed by atoms with Gasteiger partial charge < -0.3 is 5.32 Å². The summed E-state index contributed by atoms with van der Waals surface area (Å²) in [7, 11) is 0. The number of hydrogen-bond acceptors (Lipinski definition) is 3. The van der Waals surface area contributed by atoms with Crippen LogP contribution in [0.2, 0.25) is 0 Å². The van der Waals surface area contributed by atoms with Crippen molar-refractivity contribution in [3.05, 3.63) is 17.0 Å². The molecule has 0 fully saturated rings. The van der Waals surface area contributed by atoms with E-state index < -0.39 is 0 Å². The molecule has 17 heavy (non-hydrogen) atoms. The SMILES string of the molecule is CCCCC(C)NC1C[C@H](C)Sc2sccc21. The lowest BCUT2D eigenvalue weighted by Crippen LogP contribution is -2.33. The van der Waals surface area contributed by atoms with Gasteiger partial charge in [-0.05, 0) is 36.8 Å². The Morgan fingerprint density at radius 2 is 2.35 bits per heavy atom. The van der Waals surface area contributed by atoms with Gasteiger partial charge >= 0.3 is 0 Å². The summed E-state index contributed by atoms with van der Waals surface area (Å²) in [5.41, 5.74) is 1.54. The highest BCUT2D eigenvalue weighted by atomic mass is 32.2. The zero-order valence-corrected chi connectivity index (χ0v) is 12.7. The molecular formula is C14H23NS2. The highest BCUT2D eigenvalue weighted by molar-refractivity contribution is 8.01. The van der Waals surface area contributed by atoms with Gasteiger partial charge in [0.15, 0.2) is 0 Å². The van der Waals surface area contributed by atoms with Crippen LogP contribution in [0.3, 0.4) is 0 Å². The molecule has 1 aromatic rings. The smallest absolute Gasteiger partial charge is 0.0649 e. The van der Waals surface area contributed by atoms with Gasteiger partial charge in [0.1, 0.15) is 0 Å². The summed E-state index contributed by atoms with van der Waals surface area (Å²) < 4.78 is 1.53. The molecule has 0 aliphatic carbocycles. The van der Waals surface area contributed by atoms with Crippen molar-refractivity contribution >= 4 is 23.1 Å². The largest absolute Gasteiger partial charge is 0.307 e. The number of hydrogen-bond donors (Lipinski definition) is 1. The first-order chi connectivity index (χ1) is 8.20. The number of thiophene rings is 1. The summed E-state index contributed by atoms with van der Waals surface area (Å²) in [5.74, 6) is 0. The third-order valence-corrected chi connectivity index (χ3v) is 5.73. The van der Waals surface area contributed by atoms with Crippen molar-refractivity contribution in [2.75, 3.05) is 0 Å². The summed E-state index contributed by atoms with van der Waals surface area (Å²) in [4.78, 5) is 0. The normalized spacial score (nSPS) is 25.6. The van der Waals surface area contributed by atoms with E-state index in [1.54, 1.807) is 5.56 Å². The van der Waals surface area contributed by atoms with E-state index in [2.05, 4.69) is 37.5 Å². The fourth-order valence-electron chi connectivity index (χ4n) is 2.44. The summed E-state index contributed by atoms with van der Waals surface area (Å²) >= 11 is 3.95. The van der Waals surface area contributed by atoms with Gasteiger partial charge in [-0.2, -0.15) is 0 Å². The first kappa shape index (κ1) is 13.4. The summed E-state index contributed by atoms with van der Waals surface area (Å²) in [6.45, 7) is 6.94. The Kier molecular flexibility index (Phi) is 4.95. The van der Waals surface area contributed by atoms with Gasteiger partial charge in [0, 0.05) is 17.3 Å². The molecule has 0 aromatic carbocycles. The van der Waals surface area contributed by atoms with E-state index in [-0.39, 0.29) is 0 Å². The first-order valence-corrected chi connectivity index (χ1v) is 8.46. The molecule has 3 heteroatoms. The van der Waals surface area contributed by atoms with E-state index in [4.69, 9.17) is 0 Å². The highest BCUT2D eigenvalue weighted by Crippen LogP contribution is 2.43. The molecule has 0 saturated heterocycles. The standard InChI is InChI=1S/C14H23NS2/c1-4-5-6-10(2)15-13-9-11(3)17-14-12(13)7-8-16-14/h7-8,10-11,13,15H,4-6,9H2,1-3H3/t10?,11-,13?/m0/s1. The Bertz CT molecular complexity index is 348. The lowest BCUT2D eigenvalue weighted by Gasteiger charge is -2.30. The predicted molar refractivity (Wildman–Crippen MR) is 79.1 cm³/mol. The van der Waals surface area contributed by atoms with E-state index in [1.165, 1.54) is 29.9 Å². The second-order valence-corrected chi connectivity index (χ2v) is 7.71. The number of thioether (sulfide) groups is 1. The molecule has 96 valence electrons. The van der Waals surface area contributed by atoms with Crippen LogP contribution >= 0.6 is 23.1 Å². The molecule has 1 aliphatic heterocycles. The summed E-state index contributed by atoms with van der Waals surface area (Å²) in [5, 5.41) is 6.80. The van der Waals surface area contributed by atoms with Crippen LogP contribution in [0, 0.1) is 0 Å². The molecule has 1 nitrogen and oxygen atoms in total. The maximum Gasteiger partial charge on any atom is 0.0649 e. The number of rotatable bonds is 5. The molecule has 1 aliphatic rings. The Labute approximate surface area is 113 Å². The van der Waals surface area contributed by atoms with E-state index in [0.29, 0.717) is 12.1 Å². The molecule has 0 radical (unpaired) electrons. The monoisotopic (exact) mass is 269 g/mol. The van der Waals surface area contributed by atoms with Gasteiger partial charge in [-0.1, -0.05) is 26.7 Å². The van der Waals surface area contributed by atoms with Gasteiger partial charge in [-0.15, -0.1) is 23.1 Å². The van der Waals surface area contributed by atoms with E-state index in [0.717, 1.165) is 5.25 Å². The van der Waals surface area contributed by atoms with Gasteiger partial charge in [-0.3, -0.25) is 0 Å². The lowest BCUT2D eigenvalue weighted by molar-refractivity contribution is 0.403. The minimum Gasteiger partial charge on any atom is -0.307 e. The van der Waals surface area contributed by atoms with Crippen LogP contribution in [0.4, 0.5) is 0 Å². The van der Waals surface area contributed by atoms with Crippen LogP contribution in [0.25, 0.3) is 0 Å². The molecule has 0 bridgehead atoms. The van der Waals surface area contributed by atoms with E-state index >= 15 is 0 Å². The number of unbranched alkanes of at least 4 members (excludes halogenated alkanes) is 1. The average molecular weight is 269 g/mol. The van der Waals surface area contributed by atoms with Crippen molar-refractivity contribution in [3.8, 4) is 0 Å². The predicted octanol–water partition coefficient (Wildman–Crippen LogP) is 4.84. The minimum atomic E-state index is 0.583. The summed E-state index contributed by atoms with van der Waals surface area (Å²) in [6.07, 6.45) is 5.20. The van der Waals surface area contributed by atoms with Gasteiger partial charge in [0.2, 0.25) is 0 Å². The number of fused-ring (bicyclic) bond motifs is 1. The van der Waals surface area contributed by atoms with E-state index in [1.807, 2.05) is 23.1 Å². The quantitative estimate of drug-likeness (QED) is 0.820. The van der Waals surface area contributed by atoms with Gasteiger partial charge in [0.05, 0.1) is 4.21 Å². The van der Waals surface area contributed by atoms with Crippen molar-refractivity contribution in [2.45, 2.75) is 68.0 Å². The first-order valence-electron chi connectivity index (χ1n) is 6.70. The van der Waals surface area contributed by atoms with Crippen LogP contribution in [0.1, 0.15) is 58.1 Å². The van der Waals surface area contributed by atoms with Crippen molar-refractivity contribution < 1.29 is 0 Å². The number of nitrogens with one attached hydrogen (secondary N) is 1. The fraction of sp³-hybridized carbons (Fsp3) is 0.714. The minimum absolute atomic E-state index is 0.583. The molecule has 2 unspecified atom stereocenters. The zero-order valence-electron chi connectivity index (χ0n) is 11.0. The topological polar surface area (TPSA) is 12.0 Å². The van der Waals surface area contributed by atoms with Crippen molar-refractivity contribution in [1.82, 2.24) is 5.32 Å². The Morgan fingerprint density at radius 1 is 1.53 bits per heavy atom. The maximum absolute atomic E-state index is 3.82. The molecule has 0 amide bonds. The van der Waals surface area contributed by atoms with Crippen molar-refractivity contribution in [2.24, 2.45) is 0 Å². The van der Waals surface area contributed by atoms with Crippen LogP contribution in [0.5, 0.6) is 0 Å². The van der Waals surface area contributed by atoms with E-state index in [9.17, 15) is 0 Å². The third kappa shape index (κ3) is 3.49. The second kappa shape index (κ2) is 6.26. The Morgan fingerprint density at radius 3 is 3.12 bits per heavy atom. The maximum atomic E-state index is 3.82. The van der Waals surface area contributed by atoms with Crippen LogP contribution in [-0.4, -0.2) is 11.3 Å². The van der Waals surface area contributed by atoms with Gasteiger partial charge in [-0.25, -0.2) is 0 Å². The Hall–Kier alpha value is 0.0100. The molecule has 2 rings (SSSR count).